The van der Waals surface area contributed by atoms with Gasteiger partial charge in [-0.1, -0.05) is 31.1 Å². The first-order valence-corrected chi connectivity index (χ1v) is 12.9. The Morgan fingerprint density at radius 2 is 1.81 bits per heavy atom. The zero-order chi connectivity index (χ0) is 27.2. The van der Waals surface area contributed by atoms with Crippen LogP contribution in [0.15, 0.2) is 28.8 Å². The minimum atomic E-state index is -2.07. The SMILES string of the molecule is CCc1noc(N2CCC([C@H](C)CCOc3ccc([C@](N)(C(=O)OC)C(=O)OC(C)(C)C)cc3)CC2)n1. The van der Waals surface area contributed by atoms with Crippen molar-refractivity contribution in [1.29, 1.82) is 0 Å². The molecule has 10 nitrogen and oxygen atoms in total. The first kappa shape index (κ1) is 28.4. The number of aromatic nitrogens is 2. The fourth-order valence-corrected chi connectivity index (χ4v) is 4.43. The molecule has 1 aromatic heterocycles. The topological polar surface area (TPSA) is 130 Å². The van der Waals surface area contributed by atoms with Gasteiger partial charge in [-0.15, -0.1) is 0 Å². The van der Waals surface area contributed by atoms with Crippen molar-refractivity contribution in [3.8, 4) is 5.75 Å². The van der Waals surface area contributed by atoms with Gasteiger partial charge in [-0.05, 0) is 69.6 Å². The molecule has 0 saturated carbocycles. The number of esters is 2. The van der Waals surface area contributed by atoms with Crippen molar-refractivity contribution in [3.63, 3.8) is 0 Å². The van der Waals surface area contributed by atoms with Crippen LogP contribution in [-0.4, -0.2) is 54.5 Å². The van der Waals surface area contributed by atoms with Gasteiger partial charge in [0.15, 0.2) is 5.82 Å². The van der Waals surface area contributed by atoms with Crippen LogP contribution >= 0.6 is 0 Å². The van der Waals surface area contributed by atoms with E-state index in [4.69, 9.17) is 24.5 Å². The zero-order valence-corrected chi connectivity index (χ0v) is 22.8. The van der Waals surface area contributed by atoms with Crippen LogP contribution in [0.2, 0.25) is 0 Å². The maximum atomic E-state index is 12.8. The van der Waals surface area contributed by atoms with E-state index in [1.807, 2.05) is 6.92 Å². The van der Waals surface area contributed by atoms with Crippen molar-refractivity contribution < 1.29 is 28.3 Å². The van der Waals surface area contributed by atoms with Gasteiger partial charge in [0.1, 0.15) is 11.4 Å². The molecule has 2 heterocycles. The number of rotatable bonds is 10. The van der Waals surface area contributed by atoms with Crippen LogP contribution in [0, 0.1) is 11.8 Å². The van der Waals surface area contributed by atoms with Gasteiger partial charge in [-0.3, -0.25) is 0 Å². The van der Waals surface area contributed by atoms with E-state index in [0.29, 0.717) is 30.2 Å². The van der Waals surface area contributed by atoms with Crippen LogP contribution in [0.5, 0.6) is 5.75 Å². The third kappa shape index (κ3) is 7.00. The minimum Gasteiger partial charge on any atom is -0.494 e. The Morgan fingerprint density at radius 1 is 1.16 bits per heavy atom. The predicted octanol–water partition coefficient (Wildman–Crippen LogP) is 3.62. The van der Waals surface area contributed by atoms with E-state index < -0.39 is 23.1 Å². The Bertz CT molecular complexity index is 1040. The minimum absolute atomic E-state index is 0.272. The monoisotopic (exact) mass is 516 g/mol. The molecule has 0 bridgehead atoms. The summed E-state index contributed by atoms with van der Waals surface area (Å²) in [4.78, 5) is 31.8. The van der Waals surface area contributed by atoms with Crippen molar-refractivity contribution >= 4 is 18.0 Å². The standard InChI is InChI=1S/C27H40N4O6/c1-7-22-29-25(37-30-22)31-15-12-19(13-16-31)18(2)14-17-35-21-10-8-20(9-11-21)27(28,23(32)34-6)24(33)36-26(3,4)5/h8-11,18-19H,7,12-17,28H2,1-6H3/t18-,27+/m1/s1. The molecule has 2 aromatic rings. The maximum Gasteiger partial charge on any atom is 0.343 e. The van der Waals surface area contributed by atoms with Gasteiger partial charge in [0.2, 0.25) is 5.54 Å². The summed E-state index contributed by atoms with van der Waals surface area (Å²) in [6.07, 6.45) is 3.81. The third-order valence-corrected chi connectivity index (χ3v) is 6.77. The lowest BCUT2D eigenvalue weighted by atomic mass is 9.84. The summed E-state index contributed by atoms with van der Waals surface area (Å²) in [7, 11) is 1.18. The number of methoxy groups -OCH3 is 1. The number of piperidine rings is 1. The molecule has 0 amide bonds. The summed E-state index contributed by atoms with van der Waals surface area (Å²) in [6, 6.07) is 7.20. The van der Waals surface area contributed by atoms with Crippen molar-refractivity contribution in [1.82, 2.24) is 10.1 Å². The quantitative estimate of drug-likeness (QED) is 0.369. The van der Waals surface area contributed by atoms with Crippen molar-refractivity contribution in [2.45, 2.75) is 71.4 Å². The Labute approximate surface area is 218 Å². The molecule has 2 atom stereocenters. The first-order valence-electron chi connectivity index (χ1n) is 12.9. The summed E-state index contributed by atoms with van der Waals surface area (Å²) in [5.41, 5.74) is 3.64. The lowest BCUT2D eigenvalue weighted by molar-refractivity contribution is -0.171. The van der Waals surface area contributed by atoms with Crippen LogP contribution < -0.4 is 15.4 Å². The predicted molar refractivity (Wildman–Crippen MR) is 138 cm³/mol. The van der Waals surface area contributed by atoms with E-state index in [0.717, 1.165) is 44.6 Å². The average Bonchev–Trinajstić information content (AvgIpc) is 3.36. The summed E-state index contributed by atoms with van der Waals surface area (Å²) in [5, 5.41) is 3.99. The fraction of sp³-hybridized carbons (Fsp3) is 0.630. The van der Waals surface area contributed by atoms with Gasteiger partial charge in [-0.25, -0.2) is 9.59 Å². The molecule has 1 aliphatic heterocycles. The lowest BCUT2D eigenvalue weighted by Gasteiger charge is -2.33. The number of aryl methyl sites for hydroxylation is 1. The second-order valence-corrected chi connectivity index (χ2v) is 10.6. The second-order valence-electron chi connectivity index (χ2n) is 10.6. The molecular weight excluding hydrogens is 476 g/mol. The Kier molecular flexibility index (Phi) is 9.17. The van der Waals surface area contributed by atoms with E-state index in [-0.39, 0.29) is 5.56 Å². The Hall–Kier alpha value is -3.14. The highest BCUT2D eigenvalue weighted by molar-refractivity contribution is 6.05. The molecule has 204 valence electrons. The normalized spacial score (nSPS) is 17.1. The highest BCUT2D eigenvalue weighted by Crippen LogP contribution is 2.30. The molecule has 0 unspecified atom stereocenters. The number of benzene rings is 1. The number of carbonyl (C=O) groups excluding carboxylic acids is 2. The molecule has 0 aliphatic carbocycles. The van der Waals surface area contributed by atoms with Crippen LogP contribution in [0.3, 0.4) is 0 Å². The van der Waals surface area contributed by atoms with Crippen molar-refractivity contribution in [3.05, 3.63) is 35.7 Å². The molecule has 1 saturated heterocycles. The van der Waals surface area contributed by atoms with E-state index in [1.54, 1.807) is 45.0 Å². The van der Waals surface area contributed by atoms with E-state index in [1.165, 1.54) is 7.11 Å². The number of anilines is 1. The van der Waals surface area contributed by atoms with Gasteiger partial charge in [0, 0.05) is 19.5 Å². The zero-order valence-electron chi connectivity index (χ0n) is 22.8. The van der Waals surface area contributed by atoms with Gasteiger partial charge >= 0.3 is 18.0 Å². The summed E-state index contributed by atoms with van der Waals surface area (Å²) in [6.45, 7) is 11.8. The molecule has 37 heavy (non-hydrogen) atoms. The van der Waals surface area contributed by atoms with Crippen molar-refractivity contribution in [2.75, 3.05) is 31.7 Å². The van der Waals surface area contributed by atoms with Crippen LogP contribution in [0.1, 0.15) is 65.3 Å². The number of nitrogens with zero attached hydrogens (tertiary/aromatic N) is 3. The summed E-state index contributed by atoms with van der Waals surface area (Å²) in [5.74, 6) is 0.708. The lowest BCUT2D eigenvalue weighted by Crippen LogP contribution is -2.54. The summed E-state index contributed by atoms with van der Waals surface area (Å²) >= 11 is 0. The number of hydrogen-bond donors (Lipinski definition) is 1. The first-order chi connectivity index (χ1) is 17.5. The summed E-state index contributed by atoms with van der Waals surface area (Å²) < 4.78 is 21.5. The van der Waals surface area contributed by atoms with Crippen LogP contribution in [0.4, 0.5) is 6.01 Å². The molecule has 10 heteroatoms. The highest BCUT2D eigenvalue weighted by atomic mass is 16.6. The van der Waals surface area contributed by atoms with Gasteiger partial charge in [0.05, 0.1) is 13.7 Å². The van der Waals surface area contributed by atoms with Crippen molar-refractivity contribution in [2.24, 2.45) is 17.6 Å². The average molecular weight is 517 g/mol. The van der Waals surface area contributed by atoms with E-state index in [2.05, 4.69) is 22.0 Å². The van der Waals surface area contributed by atoms with E-state index >= 15 is 0 Å². The Balaban J connectivity index is 1.51. The Morgan fingerprint density at radius 3 is 2.35 bits per heavy atom. The van der Waals surface area contributed by atoms with E-state index in [9.17, 15) is 9.59 Å². The molecule has 0 radical (unpaired) electrons. The number of carbonyl (C=O) groups is 2. The second kappa shape index (κ2) is 11.9. The molecule has 1 aromatic carbocycles. The van der Waals surface area contributed by atoms with Gasteiger partial charge < -0.3 is 29.4 Å². The van der Waals surface area contributed by atoms with Gasteiger partial charge in [-0.2, -0.15) is 4.98 Å². The third-order valence-electron chi connectivity index (χ3n) is 6.77. The molecule has 2 N–H and O–H groups in total. The number of ether oxygens (including phenoxy) is 3. The molecule has 0 spiro atoms. The van der Waals surface area contributed by atoms with Crippen LogP contribution in [0.25, 0.3) is 0 Å². The fourth-order valence-electron chi connectivity index (χ4n) is 4.43. The van der Waals surface area contributed by atoms with Crippen LogP contribution in [-0.2, 0) is 31.0 Å². The maximum absolute atomic E-state index is 12.8. The largest absolute Gasteiger partial charge is 0.494 e. The molecule has 3 rings (SSSR count). The molecule has 1 aliphatic rings. The molecular formula is C27H40N4O6. The number of hydrogen-bond acceptors (Lipinski definition) is 10. The smallest absolute Gasteiger partial charge is 0.343 e. The number of nitrogens with two attached hydrogens (primary N) is 1. The molecule has 1 fully saturated rings. The highest BCUT2D eigenvalue weighted by Gasteiger charge is 2.48. The van der Waals surface area contributed by atoms with Gasteiger partial charge in [0.25, 0.3) is 0 Å².